The van der Waals surface area contributed by atoms with Crippen LogP contribution in [0, 0.1) is 11.8 Å². The van der Waals surface area contributed by atoms with Crippen molar-refractivity contribution < 1.29 is 23.9 Å². The van der Waals surface area contributed by atoms with Gasteiger partial charge in [-0.1, -0.05) is 61.6 Å². The Labute approximate surface area is 230 Å². The largest absolute Gasteiger partial charge is 0.454 e. The molecule has 0 bridgehead atoms. The van der Waals surface area contributed by atoms with Gasteiger partial charge < -0.3 is 9.64 Å². The highest BCUT2D eigenvalue weighted by atomic mass is 35.5. The van der Waals surface area contributed by atoms with Crippen molar-refractivity contribution in [1.82, 2.24) is 4.90 Å². The Bertz CT molecular complexity index is 1230. The molecule has 0 unspecified atom stereocenters. The molecule has 2 aliphatic rings. The molecule has 0 aliphatic carbocycles. The van der Waals surface area contributed by atoms with E-state index in [0.29, 0.717) is 21.8 Å². The molecule has 2 heterocycles. The highest BCUT2D eigenvalue weighted by molar-refractivity contribution is 8.23. The number of carbonyl (C=O) groups is 4. The maximum atomic E-state index is 13.1. The number of Topliss-reactive ketones (excluding diaryl/α,β-unsaturated/α-hetero) is 1. The summed E-state index contributed by atoms with van der Waals surface area (Å²) in [5, 5.41) is -0.293. The van der Waals surface area contributed by atoms with Crippen molar-refractivity contribution in [3.05, 3.63) is 64.7 Å². The van der Waals surface area contributed by atoms with E-state index in [0.717, 1.165) is 24.4 Å². The molecular weight excluding hydrogens is 532 g/mol. The highest BCUT2D eigenvalue weighted by Gasteiger charge is 2.41. The van der Waals surface area contributed by atoms with Gasteiger partial charge in [-0.3, -0.25) is 14.4 Å². The maximum Gasteiger partial charge on any atom is 0.338 e. The van der Waals surface area contributed by atoms with Gasteiger partial charge in [0.2, 0.25) is 17.6 Å². The van der Waals surface area contributed by atoms with Crippen LogP contribution >= 0.6 is 35.6 Å². The van der Waals surface area contributed by atoms with Crippen LogP contribution in [0.1, 0.15) is 47.4 Å². The van der Waals surface area contributed by atoms with Gasteiger partial charge in [0.05, 0.1) is 16.3 Å². The maximum absolute atomic E-state index is 13.1. The Balaban J connectivity index is 1.35. The molecule has 4 rings (SSSR count). The standard InChI is InChI=1S/C27H27ClN2O5S2/c1-16-11-17(2)14-29(13-16)27(36)37-23-12-24(32)30(25(23)33)19-9-7-18(8-10-19)26(34)35-15-22(31)20-5-3-4-6-21(20)28/h3-10,16-17,23H,11-15H2,1-2H3/t16-,17+,23-/m1/s1. The quantitative estimate of drug-likeness (QED) is 0.212. The topological polar surface area (TPSA) is 84.0 Å². The zero-order valence-electron chi connectivity index (χ0n) is 20.5. The number of benzene rings is 2. The second-order valence-electron chi connectivity index (χ2n) is 9.52. The molecule has 0 aromatic heterocycles. The zero-order chi connectivity index (χ0) is 26.7. The van der Waals surface area contributed by atoms with E-state index in [1.165, 1.54) is 36.0 Å². The monoisotopic (exact) mass is 558 g/mol. The van der Waals surface area contributed by atoms with E-state index in [2.05, 4.69) is 18.7 Å². The summed E-state index contributed by atoms with van der Waals surface area (Å²) in [5.74, 6) is -0.700. The van der Waals surface area contributed by atoms with E-state index in [1.807, 2.05) is 0 Å². The number of ether oxygens (including phenoxy) is 1. The van der Waals surface area contributed by atoms with Crippen LogP contribution in [0.2, 0.25) is 5.02 Å². The fraction of sp³-hybridized carbons (Fsp3) is 0.370. The number of piperidine rings is 1. The molecule has 2 amide bonds. The van der Waals surface area contributed by atoms with Gasteiger partial charge in [0.25, 0.3) is 0 Å². The van der Waals surface area contributed by atoms with E-state index >= 15 is 0 Å². The highest BCUT2D eigenvalue weighted by Crippen LogP contribution is 2.33. The first kappa shape index (κ1) is 27.3. The molecule has 2 aromatic carbocycles. The van der Waals surface area contributed by atoms with Gasteiger partial charge in [-0.25, -0.2) is 9.69 Å². The summed E-state index contributed by atoms with van der Waals surface area (Å²) in [6.07, 6.45) is 1.22. The van der Waals surface area contributed by atoms with E-state index in [1.54, 1.807) is 24.3 Å². The Morgan fingerprint density at radius 1 is 1.05 bits per heavy atom. The third kappa shape index (κ3) is 6.40. The lowest BCUT2D eigenvalue weighted by Gasteiger charge is -2.36. The fourth-order valence-corrected chi connectivity index (χ4v) is 6.41. The first-order valence-electron chi connectivity index (χ1n) is 12.0. The van der Waals surface area contributed by atoms with Crippen LogP contribution in [-0.2, 0) is 14.3 Å². The van der Waals surface area contributed by atoms with Crippen LogP contribution in [0.5, 0.6) is 0 Å². The fourth-order valence-electron chi connectivity index (χ4n) is 4.70. The first-order valence-corrected chi connectivity index (χ1v) is 13.7. The van der Waals surface area contributed by atoms with Gasteiger partial charge in [-0.05, 0) is 54.7 Å². The normalized spacial score (nSPS) is 21.8. The number of carbonyl (C=O) groups excluding carboxylic acids is 4. The average Bonchev–Trinajstić information content (AvgIpc) is 3.14. The van der Waals surface area contributed by atoms with Gasteiger partial charge in [-0.2, -0.15) is 0 Å². The summed E-state index contributed by atoms with van der Waals surface area (Å²) in [5.41, 5.74) is 0.831. The molecule has 0 saturated carbocycles. The van der Waals surface area contributed by atoms with Crippen molar-refractivity contribution in [2.45, 2.75) is 31.9 Å². The molecule has 10 heteroatoms. The zero-order valence-corrected chi connectivity index (χ0v) is 22.9. The summed E-state index contributed by atoms with van der Waals surface area (Å²) in [6, 6.07) is 12.5. The minimum absolute atomic E-state index is 0.0660. The van der Waals surface area contributed by atoms with Crippen molar-refractivity contribution in [2.24, 2.45) is 11.8 Å². The smallest absolute Gasteiger partial charge is 0.338 e. The van der Waals surface area contributed by atoms with Crippen LogP contribution in [0.25, 0.3) is 0 Å². The molecule has 0 spiro atoms. The molecule has 2 aliphatic heterocycles. The van der Waals surface area contributed by atoms with Crippen LogP contribution in [0.15, 0.2) is 48.5 Å². The molecule has 3 atom stereocenters. The SMILES string of the molecule is C[C@@H]1C[C@H](C)CN(C(=S)S[C@@H]2CC(=O)N(c3ccc(C(=O)OCC(=O)c4ccccc4Cl)cc3)C2=O)C1. The lowest BCUT2D eigenvalue weighted by Crippen LogP contribution is -2.41. The van der Waals surface area contributed by atoms with Crippen LogP contribution in [-0.4, -0.2) is 57.7 Å². The van der Waals surface area contributed by atoms with Crippen molar-refractivity contribution in [3.8, 4) is 0 Å². The Morgan fingerprint density at radius 3 is 2.35 bits per heavy atom. The van der Waals surface area contributed by atoms with E-state index in [4.69, 9.17) is 28.6 Å². The van der Waals surface area contributed by atoms with Gasteiger partial charge in [-0.15, -0.1) is 0 Å². The summed E-state index contributed by atoms with van der Waals surface area (Å²) in [7, 11) is 0. The predicted molar refractivity (Wildman–Crippen MR) is 148 cm³/mol. The van der Waals surface area contributed by atoms with Gasteiger partial charge in [0.1, 0.15) is 9.57 Å². The van der Waals surface area contributed by atoms with E-state index in [9.17, 15) is 19.2 Å². The summed E-state index contributed by atoms with van der Waals surface area (Å²) in [6.45, 7) is 5.64. The van der Waals surface area contributed by atoms with Crippen molar-refractivity contribution in [3.63, 3.8) is 0 Å². The van der Waals surface area contributed by atoms with E-state index < -0.39 is 23.6 Å². The molecular formula is C27H27ClN2O5S2. The van der Waals surface area contributed by atoms with Crippen molar-refractivity contribution in [2.75, 3.05) is 24.6 Å². The number of ketones is 1. The Kier molecular flexibility index (Phi) is 8.67. The summed E-state index contributed by atoms with van der Waals surface area (Å²) in [4.78, 5) is 53.8. The third-order valence-corrected chi connectivity index (χ3v) is 8.33. The Morgan fingerprint density at radius 2 is 1.70 bits per heavy atom. The van der Waals surface area contributed by atoms with Crippen molar-refractivity contribution >= 4 is 69.2 Å². The lowest BCUT2D eigenvalue weighted by atomic mass is 9.92. The van der Waals surface area contributed by atoms with Crippen molar-refractivity contribution in [1.29, 1.82) is 0 Å². The number of esters is 1. The number of amides is 2. The predicted octanol–water partition coefficient (Wildman–Crippen LogP) is 5.01. The lowest BCUT2D eigenvalue weighted by molar-refractivity contribution is -0.121. The second-order valence-corrected chi connectivity index (χ2v) is 11.8. The second kappa shape index (κ2) is 11.8. The number of halogens is 1. The molecule has 194 valence electrons. The van der Waals surface area contributed by atoms with E-state index in [-0.39, 0.29) is 34.4 Å². The number of hydrogen-bond donors (Lipinski definition) is 0. The van der Waals surface area contributed by atoms with Crippen LogP contribution in [0.4, 0.5) is 5.69 Å². The van der Waals surface area contributed by atoms with Gasteiger partial charge in [0, 0.05) is 25.1 Å². The number of thioether (sulfide) groups is 1. The average molecular weight is 559 g/mol. The molecule has 37 heavy (non-hydrogen) atoms. The number of thiocarbonyl (C=S) groups is 1. The number of anilines is 1. The Hall–Kier alpha value is -2.75. The molecule has 2 aromatic rings. The number of rotatable bonds is 6. The molecule has 2 fully saturated rings. The summed E-state index contributed by atoms with van der Waals surface area (Å²) >= 11 is 12.9. The minimum Gasteiger partial charge on any atom is -0.454 e. The van der Waals surface area contributed by atoms with Gasteiger partial charge >= 0.3 is 5.97 Å². The van der Waals surface area contributed by atoms with Crippen LogP contribution < -0.4 is 4.90 Å². The number of hydrogen-bond acceptors (Lipinski definition) is 7. The van der Waals surface area contributed by atoms with Crippen LogP contribution in [0.3, 0.4) is 0 Å². The molecule has 2 saturated heterocycles. The third-order valence-electron chi connectivity index (χ3n) is 6.35. The van der Waals surface area contributed by atoms with Gasteiger partial charge in [0.15, 0.2) is 6.61 Å². The number of imide groups is 1. The minimum atomic E-state index is -0.699. The summed E-state index contributed by atoms with van der Waals surface area (Å²) < 4.78 is 5.77. The molecule has 0 radical (unpaired) electrons. The molecule has 7 nitrogen and oxygen atoms in total. The molecule has 0 N–H and O–H groups in total. The number of nitrogens with zero attached hydrogens (tertiary/aromatic N) is 2. The first-order chi connectivity index (χ1) is 17.6. The number of likely N-dealkylation sites (tertiary alicyclic amines) is 1.